The summed E-state index contributed by atoms with van der Waals surface area (Å²) in [7, 11) is 1.97. The number of aromatic nitrogens is 2. The molecule has 2 nitrogen and oxygen atoms in total. The van der Waals surface area contributed by atoms with Gasteiger partial charge in [0.15, 0.2) is 0 Å². The quantitative estimate of drug-likeness (QED) is 0.789. The normalized spacial score (nSPS) is 27.0. The molecule has 2 heterocycles. The van der Waals surface area contributed by atoms with Crippen molar-refractivity contribution in [3.63, 3.8) is 0 Å². The molecule has 2 atom stereocenters. The van der Waals surface area contributed by atoms with E-state index in [4.69, 9.17) is 0 Å². The number of thioether (sulfide) groups is 1. The van der Waals surface area contributed by atoms with Gasteiger partial charge in [-0.3, -0.25) is 4.68 Å². The van der Waals surface area contributed by atoms with Crippen LogP contribution >= 0.6 is 27.7 Å². The molecular formula is C10H15BrN2S. The fourth-order valence-corrected chi connectivity index (χ4v) is 4.38. The third-order valence-electron chi connectivity index (χ3n) is 2.68. The highest BCUT2D eigenvalue weighted by atomic mass is 79.9. The van der Waals surface area contributed by atoms with Crippen molar-refractivity contribution in [2.24, 2.45) is 13.0 Å². The van der Waals surface area contributed by atoms with Crippen LogP contribution in [0.3, 0.4) is 0 Å². The minimum atomic E-state index is 0.726. The van der Waals surface area contributed by atoms with Crippen LogP contribution in [-0.4, -0.2) is 26.1 Å². The van der Waals surface area contributed by atoms with Crippen LogP contribution in [0.1, 0.15) is 12.0 Å². The Hall–Kier alpha value is 0.0400. The van der Waals surface area contributed by atoms with Gasteiger partial charge in [0.2, 0.25) is 0 Å². The van der Waals surface area contributed by atoms with Crippen LogP contribution in [-0.2, 0) is 13.5 Å². The van der Waals surface area contributed by atoms with E-state index in [-0.39, 0.29) is 0 Å². The van der Waals surface area contributed by atoms with Gasteiger partial charge < -0.3 is 0 Å². The van der Waals surface area contributed by atoms with Crippen molar-refractivity contribution in [3.05, 3.63) is 18.0 Å². The number of alkyl halides is 1. The van der Waals surface area contributed by atoms with Gasteiger partial charge in [0.25, 0.3) is 0 Å². The van der Waals surface area contributed by atoms with Crippen molar-refractivity contribution in [2.45, 2.75) is 17.7 Å². The largest absolute Gasteiger partial charge is 0.276 e. The number of hydrogen-bond acceptors (Lipinski definition) is 2. The van der Waals surface area contributed by atoms with Crippen LogP contribution in [0.2, 0.25) is 0 Å². The Balaban J connectivity index is 1.82. The van der Waals surface area contributed by atoms with Crippen LogP contribution in [0.25, 0.3) is 0 Å². The third kappa shape index (κ3) is 2.54. The Morgan fingerprint density at radius 3 is 3.07 bits per heavy atom. The number of rotatable bonds is 3. The van der Waals surface area contributed by atoms with Crippen LogP contribution in [0.15, 0.2) is 12.4 Å². The maximum absolute atomic E-state index is 4.18. The molecule has 1 aromatic rings. The molecule has 1 saturated heterocycles. The van der Waals surface area contributed by atoms with Gasteiger partial charge in [-0.25, -0.2) is 0 Å². The van der Waals surface area contributed by atoms with Crippen molar-refractivity contribution in [2.75, 3.05) is 11.5 Å². The molecule has 2 unspecified atom stereocenters. The predicted octanol–water partition coefficient (Wildman–Crippen LogP) is 2.48. The first-order valence-electron chi connectivity index (χ1n) is 4.95. The molecule has 4 heteroatoms. The molecule has 0 bridgehead atoms. The van der Waals surface area contributed by atoms with Gasteiger partial charge in [-0.15, -0.1) is 0 Å². The van der Waals surface area contributed by atoms with Gasteiger partial charge in [-0.05, 0) is 30.1 Å². The van der Waals surface area contributed by atoms with E-state index in [1.54, 1.807) is 0 Å². The molecular weight excluding hydrogens is 260 g/mol. The van der Waals surface area contributed by atoms with Crippen molar-refractivity contribution < 1.29 is 0 Å². The van der Waals surface area contributed by atoms with Gasteiger partial charge in [0.1, 0.15) is 0 Å². The average Bonchev–Trinajstić information content (AvgIpc) is 2.72. The summed E-state index contributed by atoms with van der Waals surface area (Å²) < 4.78 is 1.88. The molecule has 0 spiro atoms. The number of hydrogen-bond donors (Lipinski definition) is 0. The molecule has 78 valence electrons. The Kier molecular flexibility index (Phi) is 3.55. The minimum Gasteiger partial charge on any atom is -0.276 e. The molecule has 0 amide bonds. The number of nitrogens with zero attached hydrogens (tertiary/aromatic N) is 2. The van der Waals surface area contributed by atoms with Gasteiger partial charge in [0, 0.05) is 23.8 Å². The van der Waals surface area contributed by atoms with E-state index < -0.39 is 0 Å². The van der Waals surface area contributed by atoms with E-state index in [0.29, 0.717) is 0 Å². The highest BCUT2D eigenvalue weighted by molar-refractivity contribution is 9.09. The maximum atomic E-state index is 4.18. The van der Waals surface area contributed by atoms with E-state index in [2.05, 4.69) is 39.0 Å². The Morgan fingerprint density at radius 1 is 1.64 bits per heavy atom. The Bertz CT molecular complexity index is 300. The van der Waals surface area contributed by atoms with Gasteiger partial charge in [0.05, 0.1) is 6.20 Å². The van der Waals surface area contributed by atoms with Crippen molar-refractivity contribution in [3.8, 4) is 0 Å². The molecule has 14 heavy (non-hydrogen) atoms. The maximum Gasteiger partial charge on any atom is 0.0521 e. The van der Waals surface area contributed by atoms with E-state index in [1.165, 1.54) is 29.9 Å². The molecule has 0 N–H and O–H groups in total. The van der Waals surface area contributed by atoms with E-state index in [9.17, 15) is 0 Å². The molecule has 0 aromatic carbocycles. The standard InChI is InChI=1S/C10H15BrN2S/c1-13-5-8(4-12-13)2-3-9-6-14-7-10(9)11/h4-5,9-10H,2-3,6-7H2,1H3. The second-order valence-electron chi connectivity index (χ2n) is 3.87. The molecule has 1 aliphatic rings. The summed E-state index contributed by atoms with van der Waals surface area (Å²) in [6.07, 6.45) is 6.55. The Morgan fingerprint density at radius 2 is 2.50 bits per heavy atom. The highest BCUT2D eigenvalue weighted by Crippen LogP contribution is 2.32. The first-order chi connectivity index (χ1) is 6.75. The van der Waals surface area contributed by atoms with E-state index in [1.807, 2.05) is 17.9 Å². The monoisotopic (exact) mass is 274 g/mol. The van der Waals surface area contributed by atoms with E-state index in [0.717, 1.165) is 10.7 Å². The van der Waals surface area contributed by atoms with Crippen LogP contribution in [0, 0.1) is 5.92 Å². The van der Waals surface area contributed by atoms with Crippen molar-refractivity contribution in [1.82, 2.24) is 9.78 Å². The first-order valence-corrected chi connectivity index (χ1v) is 7.02. The van der Waals surface area contributed by atoms with Gasteiger partial charge in [-0.1, -0.05) is 15.9 Å². The lowest BCUT2D eigenvalue weighted by Gasteiger charge is -2.11. The zero-order chi connectivity index (χ0) is 9.97. The van der Waals surface area contributed by atoms with Crippen molar-refractivity contribution >= 4 is 27.7 Å². The topological polar surface area (TPSA) is 17.8 Å². The molecule has 0 radical (unpaired) electrons. The average molecular weight is 275 g/mol. The lowest BCUT2D eigenvalue weighted by molar-refractivity contribution is 0.563. The SMILES string of the molecule is Cn1cc(CCC2CSCC2Br)cn1. The summed E-state index contributed by atoms with van der Waals surface area (Å²) in [5.74, 6) is 3.44. The van der Waals surface area contributed by atoms with Crippen molar-refractivity contribution in [1.29, 1.82) is 0 Å². The summed E-state index contributed by atoms with van der Waals surface area (Å²) in [6.45, 7) is 0. The first kappa shape index (κ1) is 10.6. The fourth-order valence-electron chi connectivity index (χ4n) is 1.79. The molecule has 0 aliphatic carbocycles. The molecule has 1 fully saturated rings. The van der Waals surface area contributed by atoms with Crippen LogP contribution in [0.4, 0.5) is 0 Å². The summed E-state index contributed by atoms with van der Waals surface area (Å²) in [6, 6.07) is 0. The molecule has 1 aliphatic heterocycles. The minimum absolute atomic E-state index is 0.726. The predicted molar refractivity (Wildman–Crippen MR) is 65.1 cm³/mol. The summed E-state index contributed by atoms with van der Waals surface area (Å²) >= 11 is 5.80. The highest BCUT2D eigenvalue weighted by Gasteiger charge is 2.24. The zero-order valence-electron chi connectivity index (χ0n) is 8.32. The smallest absolute Gasteiger partial charge is 0.0521 e. The lowest BCUT2D eigenvalue weighted by Crippen LogP contribution is -2.11. The number of halogens is 1. The second-order valence-corrected chi connectivity index (χ2v) is 6.13. The summed E-state index contributed by atoms with van der Waals surface area (Å²) in [5.41, 5.74) is 1.36. The zero-order valence-corrected chi connectivity index (χ0v) is 10.7. The van der Waals surface area contributed by atoms with Crippen LogP contribution < -0.4 is 0 Å². The lowest BCUT2D eigenvalue weighted by atomic mass is 10.0. The summed E-state index contributed by atoms with van der Waals surface area (Å²) in [4.78, 5) is 0.726. The van der Waals surface area contributed by atoms with E-state index >= 15 is 0 Å². The molecule has 0 saturated carbocycles. The van der Waals surface area contributed by atoms with Gasteiger partial charge >= 0.3 is 0 Å². The fraction of sp³-hybridized carbons (Fsp3) is 0.700. The molecule has 2 rings (SSSR count). The van der Waals surface area contributed by atoms with Crippen LogP contribution in [0.5, 0.6) is 0 Å². The summed E-state index contributed by atoms with van der Waals surface area (Å²) in [5, 5.41) is 4.18. The number of aryl methyl sites for hydroxylation is 2. The second kappa shape index (κ2) is 4.71. The third-order valence-corrected chi connectivity index (χ3v) is 5.44. The van der Waals surface area contributed by atoms with Gasteiger partial charge in [-0.2, -0.15) is 16.9 Å². The molecule has 1 aromatic heterocycles. The Labute approximate surface area is 97.6 Å².